The molecule has 1 aliphatic rings. The Bertz CT molecular complexity index is 495. The topological polar surface area (TPSA) is 12.0 Å². The first-order valence-electron chi connectivity index (χ1n) is 5.94. The van der Waals surface area contributed by atoms with Gasteiger partial charge < -0.3 is 5.32 Å². The van der Waals surface area contributed by atoms with E-state index in [4.69, 9.17) is 0 Å². The molecule has 17 heavy (non-hydrogen) atoms. The van der Waals surface area contributed by atoms with Crippen LogP contribution in [0.5, 0.6) is 0 Å². The Morgan fingerprint density at radius 1 is 0.941 bits per heavy atom. The average Bonchev–Trinajstić information content (AvgIpc) is 2.62. The van der Waals surface area contributed by atoms with Crippen molar-refractivity contribution in [3.05, 3.63) is 65.7 Å². The normalized spacial score (nSPS) is 19.4. The fourth-order valence-corrected chi connectivity index (χ4v) is 3.40. The van der Waals surface area contributed by atoms with E-state index in [1.165, 1.54) is 16.0 Å². The van der Waals surface area contributed by atoms with E-state index in [1.807, 2.05) is 11.8 Å². The van der Waals surface area contributed by atoms with E-state index < -0.39 is 0 Å². The highest BCUT2D eigenvalue weighted by molar-refractivity contribution is 7.99. The molecule has 0 saturated heterocycles. The summed E-state index contributed by atoms with van der Waals surface area (Å²) in [5, 5.41) is 4.04. The van der Waals surface area contributed by atoms with Crippen molar-refractivity contribution in [1.82, 2.24) is 5.32 Å². The minimum atomic E-state index is 0.514. The number of nitrogens with one attached hydrogen (secondary N) is 1. The largest absolute Gasteiger partial charge is 0.311 e. The van der Waals surface area contributed by atoms with Gasteiger partial charge in [-0.3, -0.25) is 0 Å². The summed E-state index contributed by atoms with van der Waals surface area (Å²) < 4.78 is 0. The Balaban J connectivity index is 1.91. The Morgan fingerprint density at radius 2 is 1.71 bits per heavy atom. The molecule has 1 atom stereocenters. The molecule has 1 nitrogen and oxygen atoms in total. The molecular weight excluding hydrogens is 226 g/mol. The van der Waals surface area contributed by atoms with Gasteiger partial charge in [-0.05, 0) is 17.2 Å². The molecule has 0 saturated carbocycles. The van der Waals surface area contributed by atoms with E-state index in [2.05, 4.69) is 59.9 Å². The highest BCUT2D eigenvalue weighted by Crippen LogP contribution is 2.38. The third kappa shape index (κ3) is 2.38. The maximum atomic E-state index is 3.53. The second kappa shape index (κ2) is 4.94. The molecule has 2 aromatic rings. The van der Waals surface area contributed by atoms with Gasteiger partial charge in [-0.15, -0.1) is 11.8 Å². The molecule has 0 spiro atoms. The molecule has 3 rings (SSSR count). The van der Waals surface area contributed by atoms with Crippen molar-refractivity contribution in [2.45, 2.75) is 16.7 Å². The van der Waals surface area contributed by atoms with Gasteiger partial charge in [-0.25, -0.2) is 0 Å². The van der Waals surface area contributed by atoms with Crippen LogP contribution in [0.15, 0.2) is 59.5 Å². The van der Waals surface area contributed by atoms with Crippen molar-refractivity contribution in [2.24, 2.45) is 0 Å². The Kier molecular flexibility index (Phi) is 3.16. The monoisotopic (exact) mass is 241 g/mol. The summed E-state index contributed by atoms with van der Waals surface area (Å²) in [6.07, 6.45) is 0. The fraction of sp³-hybridized carbons (Fsp3) is 0.200. The van der Waals surface area contributed by atoms with Gasteiger partial charge in [-0.2, -0.15) is 0 Å². The fourth-order valence-electron chi connectivity index (χ4n) is 2.15. The van der Waals surface area contributed by atoms with Gasteiger partial charge in [-0.1, -0.05) is 48.5 Å². The van der Waals surface area contributed by atoms with Crippen molar-refractivity contribution in [3.8, 4) is 0 Å². The van der Waals surface area contributed by atoms with Gasteiger partial charge in [0.05, 0.1) is 0 Å². The first-order valence-corrected chi connectivity index (χ1v) is 6.82. The average molecular weight is 241 g/mol. The number of benzene rings is 2. The SMILES string of the molecule is c1ccc(C2CNCc3ccccc3S2)cc1. The molecule has 2 heteroatoms. The second-order valence-corrected chi connectivity index (χ2v) is 5.50. The lowest BCUT2D eigenvalue weighted by Gasteiger charge is -2.14. The highest BCUT2D eigenvalue weighted by Gasteiger charge is 2.17. The zero-order valence-corrected chi connectivity index (χ0v) is 10.4. The number of hydrogen-bond donors (Lipinski definition) is 1. The maximum Gasteiger partial charge on any atom is 0.0469 e. The van der Waals surface area contributed by atoms with Crippen LogP contribution in [0.3, 0.4) is 0 Å². The molecular formula is C15H15NS. The van der Waals surface area contributed by atoms with Gasteiger partial charge in [0, 0.05) is 23.2 Å². The second-order valence-electron chi connectivity index (χ2n) is 4.26. The van der Waals surface area contributed by atoms with Gasteiger partial charge in [0.15, 0.2) is 0 Å². The maximum absolute atomic E-state index is 3.53. The third-order valence-electron chi connectivity index (χ3n) is 3.06. The summed E-state index contributed by atoms with van der Waals surface area (Å²) in [5.74, 6) is 0. The standard InChI is InChI=1S/C15H15NS/c1-2-6-12(7-3-1)15-11-16-10-13-8-4-5-9-14(13)17-15/h1-9,15-16H,10-11H2. The van der Waals surface area contributed by atoms with E-state index >= 15 is 0 Å². The molecule has 0 fully saturated rings. The van der Waals surface area contributed by atoms with E-state index in [0.717, 1.165) is 13.1 Å². The summed E-state index contributed by atoms with van der Waals surface area (Å²) in [5.41, 5.74) is 2.82. The van der Waals surface area contributed by atoms with Gasteiger partial charge in [0.2, 0.25) is 0 Å². The van der Waals surface area contributed by atoms with Crippen molar-refractivity contribution in [1.29, 1.82) is 0 Å². The molecule has 2 aromatic carbocycles. The van der Waals surface area contributed by atoms with Crippen LogP contribution in [0.2, 0.25) is 0 Å². The summed E-state index contributed by atoms with van der Waals surface area (Å²) in [6, 6.07) is 19.4. The van der Waals surface area contributed by atoms with Crippen LogP contribution < -0.4 is 5.32 Å². The predicted molar refractivity (Wildman–Crippen MR) is 73.2 cm³/mol. The smallest absolute Gasteiger partial charge is 0.0469 e. The molecule has 86 valence electrons. The van der Waals surface area contributed by atoms with Crippen molar-refractivity contribution >= 4 is 11.8 Å². The number of thioether (sulfide) groups is 1. The van der Waals surface area contributed by atoms with Crippen molar-refractivity contribution < 1.29 is 0 Å². The summed E-state index contributed by atoms with van der Waals surface area (Å²) in [7, 11) is 0. The molecule has 0 aromatic heterocycles. The number of hydrogen-bond acceptors (Lipinski definition) is 2. The highest BCUT2D eigenvalue weighted by atomic mass is 32.2. The minimum absolute atomic E-state index is 0.514. The molecule has 0 aliphatic carbocycles. The first kappa shape index (κ1) is 10.9. The van der Waals surface area contributed by atoms with E-state index in [1.54, 1.807) is 0 Å². The predicted octanol–water partition coefficient (Wildman–Crippen LogP) is 3.62. The number of fused-ring (bicyclic) bond motifs is 1. The van der Waals surface area contributed by atoms with Crippen molar-refractivity contribution in [3.63, 3.8) is 0 Å². The lowest BCUT2D eigenvalue weighted by Crippen LogP contribution is -2.17. The Labute approximate surface area is 106 Å². The minimum Gasteiger partial charge on any atom is -0.311 e. The Hall–Kier alpha value is -1.25. The molecule has 1 heterocycles. The quantitative estimate of drug-likeness (QED) is 0.818. The lowest BCUT2D eigenvalue weighted by molar-refractivity contribution is 0.684. The molecule has 1 unspecified atom stereocenters. The number of rotatable bonds is 1. The molecule has 1 aliphatic heterocycles. The summed E-state index contributed by atoms with van der Waals surface area (Å²) in [4.78, 5) is 1.41. The zero-order valence-electron chi connectivity index (χ0n) is 9.60. The van der Waals surface area contributed by atoms with Crippen LogP contribution in [-0.2, 0) is 6.54 Å². The van der Waals surface area contributed by atoms with Crippen LogP contribution in [0.25, 0.3) is 0 Å². The van der Waals surface area contributed by atoms with Crippen LogP contribution in [0.4, 0.5) is 0 Å². The van der Waals surface area contributed by atoms with Crippen LogP contribution in [0.1, 0.15) is 16.4 Å². The zero-order chi connectivity index (χ0) is 11.5. The van der Waals surface area contributed by atoms with Crippen LogP contribution >= 0.6 is 11.8 Å². The molecule has 0 amide bonds. The van der Waals surface area contributed by atoms with E-state index in [-0.39, 0.29) is 0 Å². The molecule has 1 N–H and O–H groups in total. The van der Waals surface area contributed by atoms with Gasteiger partial charge >= 0.3 is 0 Å². The first-order chi connectivity index (χ1) is 8.43. The van der Waals surface area contributed by atoms with Crippen molar-refractivity contribution in [2.75, 3.05) is 6.54 Å². The summed E-state index contributed by atoms with van der Waals surface area (Å²) in [6.45, 7) is 2.01. The Morgan fingerprint density at radius 3 is 2.59 bits per heavy atom. The van der Waals surface area contributed by atoms with Gasteiger partial charge in [0.25, 0.3) is 0 Å². The van der Waals surface area contributed by atoms with E-state index in [0.29, 0.717) is 5.25 Å². The van der Waals surface area contributed by atoms with Crippen LogP contribution in [0, 0.1) is 0 Å². The summed E-state index contributed by atoms with van der Waals surface area (Å²) >= 11 is 1.97. The lowest BCUT2D eigenvalue weighted by atomic mass is 10.1. The molecule has 0 bridgehead atoms. The van der Waals surface area contributed by atoms with Crippen LogP contribution in [-0.4, -0.2) is 6.54 Å². The van der Waals surface area contributed by atoms with Gasteiger partial charge in [0.1, 0.15) is 0 Å². The third-order valence-corrected chi connectivity index (χ3v) is 4.43. The molecule has 0 radical (unpaired) electrons. The van der Waals surface area contributed by atoms with E-state index in [9.17, 15) is 0 Å².